The van der Waals surface area contributed by atoms with E-state index in [1.54, 1.807) is 0 Å². The lowest BCUT2D eigenvalue weighted by Crippen LogP contribution is -2.30. The van der Waals surface area contributed by atoms with E-state index >= 15 is 0 Å². The van der Waals surface area contributed by atoms with Crippen LogP contribution in [0.15, 0.2) is 48.6 Å². The van der Waals surface area contributed by atoms with E-state index in [2.05, 4.69) is 69.4 Å². The van der Waals surface area contributed by atoms with Gasteiger partial charge in [-0.15, -0.1) is 0 Å². The molecule has 1 unspecified atom stereocenters. The van der Waals surface area contributed by atoms with Gasteiger partial charge in [0.1, 0.15) is 13.2 Å². The van der Waals surface area contributed by atoms with Crippen molar-refractivity contribution in [2.45, 2.75) is 341 Å². The predicted octanol–water partition coefficient (Wildman–Crippen LogP) is 21.4. The van der Waals surface area contributed by atoms with Gasteiger partial charge in [-0.05, 0) is 77.0 Å². The van der Waals surface area contributed by atoms with Crippen molar-refractivity contribution in [3.8, 4) is 0 Å². The molecule has 1 atom stereocenters. The quantitative estimate of drug-likeness (QED) is 0.0261. The number of allylic oxidation sites excluding steroid dienone is 8. The summed E-state index contributed by atoms with van der Waals surface area (Å²) in [6.07, 6.45) is 75.5. The van der Waals surface area contributed by atoms with Gasteiger partial charge in [0, 0.05) is 19.3 Å². The predicted molar refractivity (Wildman–Crippen MR) is 312 cm³/mol. The minimum absolute atomic E-state index is 0.0786. The fraction of sp³-hybridized carbons (Fsp3) is 0.833. The number of hydrogen-bond acceptors (Lipinski definition) is 6. The van der Waals surface area contributed by atoms with Crippen LogP contribution in [0.3, 0.4) is 0 Å². The van der Waals surface area contributed by atoms with Gasteiger partial charge in [-0.3, -0.25) is 14.4 Å². The largest absolute Gasteiger partial charge is 0.462 e. The normalized spacial score (nSPS) is 12.3. The molecule has 0 aliphatic heterocycles. The molecule has 0 spiro atoms. The second-order valence-electron chi connectivity index (χ2n) is 21.3. The molecule has 0 saturated heterocycles. The smallest absolute Gasteiger partial charge is 0.306 e. The summed E-state index contributed by atoms with van der Waals surface area (Å²) < 4.78 is 16.9. The zero-order valence-electron chi connectivity index (χ0n) is 48.2. The molecule has 0 aromatic rings. The molecule has 0 radical (unpaired) electrons. The maximum Gasteiger partial charge on any atom is 0.306 e. The van der Waals surface area contributed by atoms with Gasteiger partial charge in [0.15, 0.2) is 6.10 Å². The standard InChI is InChI=1S/C66H120O6/c1-4-7-10-13-16-19-22-25-28-30-31-32-33-34-35-36-39-41-44-47-50-53-56-59-65(68)71-62-63(61-70-64(67)58-55-52-49-46-43-40-37-27-24-21-18-15-12-9-6-3)72-66(69)60-57-54-51-48-45-42-38-29-26-23-20-17-14-11-8-5-2/h9,12,18,21,27,29,37-38,63H,4-8,10-11,13-17,19-20,22-26,28,30-36,39-62H2,1-3H3/b12-9-,21-18-,37-27-,38-29-. The lowest BCUT2D eigenvalue weighted by Gasteiger charge is -2.18. The van der Waals surface area contributed by atoms with Crippen molar-refractivity contribution in [3.05, 3.63) is 48.6 Å². The Hall–Kier alpha value is -2.63. The van der Waals surface area contributed by atoms with Crippen molar-refractivity contribution >= 4 is 17.9 Å². The highest BCUT2D eigenvalue weighted by atomic mass is 16.6. The van der Waals surface area contributed by atoms with Gasteiger partial charge in [0.25, 0.3) is 0 Å². The van der Waals surface area contributed by atoms with Crippen molar-refractivity contribution in [2.75, 3.05) is 13.2 Å². The number of esters is 3. The van der Waals surface area contributed by atoms with E-state index in [0.717, 1.165) is 109 Å². The Morgan fingerprint density at radius 2 is 0.542 bits per heavy atom. The molecule has 420 valence electrons. The van der Waals surface area contributed by atoms with Crippen molar-refractivity contribution in [1.82, 2.24) is 0 Å². The van der Waals surface area contributed by atoms with Gasteiger partial charge >= 0.3 is 17.9 Å². The molecule has 0 aliphatic rings. The fourth-order valence-electron chi connectivity index (χ4n) is 9.34. The van der Waals surface area contributed by atoms with Crippen LogP contribution in [0.25, 0.3) is 0 Å². The van der Waals surface area contributed by atoms with E-state index < -0.39 is 6.10 Å². The van der Waals surface area contributed by atoms with Crippen molar-refractivity contribution < 1.29 is 28.6 Å². The first-order valence-corrected chi connectivity index (χ1v) is 31.6. The second kappa shape index (κ2) is 60.9. The fourth-order valence-corrected chi connectivity index (χ4v) is 9.34. The molecule has 72 heavy (non-hydrogen) atoms. The van der Waals surface area contributed by atoms with Crippen LogP contribution in [0.2, 0.25) is 0 Å². The van der Waals surface area contributed by atoms with Gasteiger partial charge in [0.2, 0.25) is 0 Å². The Labute approximate surface area is 448 Å². The minimum Gasteiger partial charge on any atom is -0.462 e. The van der Waals surface area contributed by atoms with E-state index in [1.165, 1.54) is 186 Å². The summed E-state index contributed by atoms with van der Waals surface area (Å²) in [7, 11) is 0. The van der Waals surface area contributed by atoms with Crippen LogP contribution in [0.4, 0.5) is 0 Å². The van der Waals surface area contributed by atoms with Crippen LogP contribution in [0.5, 0.6) is 0 Å². The van der Waals surface area contributed by atoms with Crippen LogP contribution < -0.4 is 0 Å². The number of carbonyl (C=O) groups is 3. The number of unbranched alkanes of at least 4 members (excludes halogenated alkanes) is 39. The summed E-state index contributed by atoms with van der Waals surface area (Å²) in [4.78, 5) is 38.3. The Morgan fingerprint density at radius 1 is 0.292 bits per heavy atom. The van der Waals surface area contributed by atoms with E-state index in [9.17, 15) is 14.4 Å². The summed E-state index contributed by atoms with van der Waals surface area (Å²) in [5.41, 5.74) is 0. The number of hydrogen-bond donors (Lipinski definition) is 0. The third kappa shape index (κ3) is 58.3. The molecular formula is C66H120O6. The Bertz CT molecular complexity index is 1250. The highest BCUT2D eigenvalue weighted by molar-refractivity contribution is 5.71. The van der Waals surface area contributed by atoms with Crippen LogP contribution >= 0.6 is 0 Å². The molecule has 0 aliphatic carbocycles. The summed E-state index contributed by atoms with van der Waals surface area (Å²) in [5.74, 6) is -0.885. The van der Waals surface area contributed by atoms with Crippen LogP contribution in [-0.2, 0) is 28.6 Å². The van der Waals surface area contributed by atoms with E-state index in [-0.39, 0.29) is 31.1 Å². The Balaban J connectivity index is 4.30. The number of ether oxygens (including phenoxy) is 3. The van der Waals surface area contributed by atoms with Crippen molar-refractivity contribution in [1.29, 1.82) is 0 Å². The van der Waals surface area contributed by atoms with E-state index in [0.29, 0.717) is 19.3 Å². The van der Waals surface area contributed by atoms with Crippen molar-refractivity contribution in [3.63, 3.8) is 0 Å². The summed E-state index contributed by atoms with van der Waals surface area (Å²) in [5, 5.41) is 0. The number of rotatable bonds is 58. The first-order chi connectivity index (χ1) is 35.5. The average Bonchev–Trinajstić information content (AvgIpc) is 3.38. The molecule has 0 N–H and O–H groups in total. The third-order valence-electron chi connectivity index (χ3n) is 14.1. The molecule has 0 rings (SSSR count). The first kappa shape index (κ1) is 69.4. The SMILES string of the molecule is CC/C=C\C/C=C\C/C=C\CCCCCCCC(=O)OCC(COC(=O)CCCCCCCCCCCCCCCCCCCCCCCCC)OC(=O)CCCCCCC/C=C\CCCCCCCCC. The maximum absolute atomic E-state index is 12.9. The molecule has 0 fully saturated rings. The highest BCUT2D eigenvalue weighted by Crippen LogP contribution is 2.17. The minimum atomic E-state index is -0.783. The monoisotopic (exact) mass is 1010 g/mol. The zero-order chi connectivity index (χ0) is 52.2. The molecule has 6 heteroatoms. The molecule has 6 nitrogen and oxygen atoms in total. The zero-order valence-corrected chi connectivity index (χ0v) is 48.2. The third-order valence-corrected chi connectivity index (χ3v) is 14.1. The van der Waals surface area contributed by atoms with Gasteiger partial charge in [-0.1, -0.05) is 288 Å². The average molecular weight is 1010 g/mol. The lowest BCUT2D eigenvalue weighted by atomic mass is 10.0. The molecule has 0 amide bonds. The van der Waals surface area contributed by atoms with Gasteiger partial charge in [-0.25, -0.2) is 0 Å². The second-order valence-corrected chi connectivity index (χ2v) is 21.3. The molecule has 0 heterocycles. The molecule has 0 aromatic heterocycles. The van der Waals surface area contributed by atoms with Gasteiger partial charge in [0.05, 0.1) is 0 Å². The lowest BCUT2D eigenvalue weighted by molar-refractivity contribution is -0.167. The first-order valence-electron chi connectivity index (χ1n) is 31.6. The summed E-state index contributed by atoms with van der Waals surface area (Å²) >= 11 is 0. The Morgan fingerprint density at radius 3 is 0.861 bits per heavy atom. The summed E-state index contributed by atoms with van der Waals surface area (Å²) in [6, 6.07) is 0. The van der Waals surface area contributed by atoms with E-state index in [1.807, 2.05) is 0 Å². The van der Waals surface area contributed by atoms with E-state index in [4.69, 9.17) is 14.2 Å². The maximum atomic E-state index is 12.9. The van der Waals surface area contributed by atoms with Crippen LogP contribution in [0, 0.1) is 0 Å². The Kier molecular flexibility index (Phi) is 58.7. The molecular weight excluding hydrogens is 889 g/mol. The van der Waals surface area contributed by atoms with Crippen LogP contribution in [-0.4, -0.2) is 37.2 Å². The highest BCUT2D eigenvalue weighted by Gasteiger charge is 2.19. The summed E-state index contributed by atoms with van der Waals surface area (Å²) in [6.45, 7) is 6.56. The molecule has 0 saturated carbocycles. The molecule has 0 aromatic carbocycles. The topological polar surface area (TPSA) is 78.9 Å². The molecule has 0 bridgehead atoms. The van der Waals surface area contributed by atoms with Crippen LogP contribution in [0.1, 0.15) is 335 Å². The number of carbonyl (C=O) groups excluding carboxylic acids is 3. The van der Waals surface area contributed by atoms with Gasteiger partial charge in [-0.2, -0.15) is 0 Å². The van der Waals surface area contributed by atoms with Gasteiger partial charge < -0.3 is 14.2 Å². The van der Waals surface area contributed by atoms with Crippen molar-refractivity contribution in [2.24, 2.45) is 0 Å².